The minimum atomic E-state index is 0.108. The van der Waals surface area contributed by atoms with Crippen LogP contribution in [0.5, 0.6) is 0 Å². The van der Waals surface area contributed by atoms with E-state index in [9.17, 15) is 0 Å². The Bertz CT molecular complexity index is 490. The van der Waals surface area contributed by atoms with Crippen molar-refractivity contribution in [2.24, 2.45) is 5.92 Å². The molecule has 0 heterocycles. The van der Waals surface area contributed by atoms with Gasteiger partial charge in [-0.1, -0.05) is 58.7 Å². The van der Waals surface area contributed by atoms with Gasteiger partial charge in [-0.05, 0) is 48.0 Å². The molecular weight excluding hydrogens is 276 g/mol. The number of benzene rings is 1. The van der Waals surface area contributed by atoms with Gasteiger partial charge in [0.1, 0.15) is 0 Å². The maximum atomic E-state index is 5.53. The van der Waals surface area contributed by atoms with Crippen molar-refractivity contribution in [2.75, 3.05) is 5.32 Å². The van der Waals surface area contributed by atoms with Crippen molar-refractivity contribution in [1.29, 1.82) is 0 Å². The van der Waals surface area contributed by atoms with Gasteiger partial charge in [-0.3, -0.25) is 0 Å². The Morgan fingerprint density at radius 2 is 1.81 bits per heavy atom. The van der Waals surface area contributed by atoms with Crippen molar-refractivity contribution in [1.82, 2.24) is 5.32 Å². The molecule has 1 aliphatic rings. The molecule has 2 rings (SSSR count). The molecule has 0 amide bonds. The van der Waals surface area contributed by atoms with Crippen LogP contribution in [-0.4, -0.2) is 11.2 Å². The molecule has 0 saturated heterocycles. The Morgan fingerprint density at radius 3 is 2.48 bits per heavy atom. The van der Waals surface area contributed by atoms with Crippen molar-refractivity contribution < 1.29 is 0 Å². The first-order valence-corrected chi connectivity index (χ1v) is 8.46. The molecule has 2 N–H and O–H groups in total. The number of hydrogen-bond acceptors (Lipinski definition) is 1. The van der Waals surface area contributed by atoms with E-state index in [-0.39, 0.29) is 5.41 Å². The zero-order valence-electron chi connectivity index (χ0n) is 13.7. The van der Waals surface area contributed by atoms with Gasteiger partial charge in [-0.15, -0.1) is 0 Å². The van der Waals surface area contributed by atoms with Crippen LogP contribution in [0.2, 0.25) is 0 Å². The van der Waals surface area contributed by atoms with E-state index in [0.717, 1.165) is 10.8 Å². The molecule has 0 spiro atoms. The van der Waals surface area contributed by atoms with E-state index in [2.05, 4.69) is 62.6 Å². The summed E-state index contributed by atoms with van der Waals surface area (Å²) >= 11 is 5.53. The van der Waals surface area contributed by atoms with Gasteiger partial charge in [-0.2, -0.15) is 0 Å². The molecule has 3 heteroatoms. The summed E-state index contributed by atoms with van der Waals surface area (Å²) in [7, 11) is 0. The van der Waals surface area contributed by atoms with Crippen LogP contribution in [0.1, 0.15) is 58.9 Å². The molecule has 1 saturated carbocycles. The molecule has 21 heavy (non-hydrogen) atoms. The van der Waals surface area contributed by atoms with Crippen LogP contribution in [0.15, 0.2) is 24.3 Å². The zero-order valence-corrected chi connectivity index (χ0v) is 14.5. The van der Waals surface area contributed by atoms with Crippen LogP contribution < -0.4 is 10.6 Å². The van der Waals surface area contributed by atoms with E-state index in [1.807, 2.05) is 0 Å². The third kappa shape index (κ3) is 4.44. The van der Waals surface area contributed by atoms with Gasteiger partial charge in [0.05, 0.1) is 0 Å². The molecule has 1 aliphatic carbocycles. The molecule has 0 aliphatic heterocycles. The van der Waals surface area contributed by atoms with Crippen LogP contribution in [-0.2, 0) is 5.41 Å². The lowest BCUT2D eigenvalue weighted by atomic mass is 9.85. The summed E-state index contributed by atoms with van der Waals surface area (Å²) in [4.78, 5) is 0. The fraction of sp³-hybridized carbons (Fsp3) is 0.611. The lowest BCUT2D eigenvalue weighted by molar-refractivity contribution is 0.309. The Hall–Kier alpha value is -1.09. The average Bonchev–Trinajstić information content (AvgIpc) is 2.41. The molecule has 2 nitrogen and oxygen atoms in total. The molecule has 0 radical (unpaired) electrons. The largest absolute Gasteiger partial charge is 0.359 e. The lowest BCUT2D eigenvalue weighted by Crippen LogP contribution is -2.43. The summed E-state index contributed by atoms with van der Waals surface area (Å²) in [5, 5.41) is 7.68. The first-order chi connectivity index (χ1) is 9.88. The van der Waals surface area contributed by atoms with Crippen molar-refractivity contribution in [2.45, 2.75) is 64.8 Å². The number of thiocarbonyl (C=S) groups is 1. The van der Waals surface area contributed by atoms with Crippen LogP contribution in [0.4, 0.5) is 5.69 Å². The number of anilines is 1. The van der Waals surface area contributed by atoms with Crippen LogP contribution in [0, 0.1) is 5.92 Å². The van der Waals surface area contributed by atoms with Gasteiger partial charge in [0.15, 0.2) is 5.11 Å². The van der Waals surface area contributed by atoms with Crippen LogP contribution in [0.25, 0.3) is 0 Å². The molecule has 1 aromatic carbocycles. The first-order valence-electron chi connectivity index (χ1n) is 8.05. The summed E-state index contributed by atoms with van der Waals surface area (Å²) in [6.45, 7) is 9.01. The Balaban J connectivity index is 2.03. The Morgan fingerprint density at radius 1 is 1.14 bits per heavy atom. The molecule has 0 unspecified atom stereocenters. The lowest BCUT2D eigenvalue weighted by Gasteiger charge is -2.31. The van der Waals surface area contributed by atoms with Gasteiger partial charge in [0.25, 0.3) is 0 Å². The average molecular weight is 305 g/mol. The van der Waals surface area contributed by atoms with Gasteiger partial charge < -0.3 is 10.6 Å². The van der Waals surface area contributed by atoms with Crippen LogP contribution in [0.3, 0.4) is 0 Å². The highest BCUT2D eigenvalue weighted by Gasteiger charge is 2.22. The van der Waals surface area contributed by atoms with E-state index in [1.165, 1.54) is 31.2 Å². The van der Waals surface area contributed by atoms with Crippen molar-refractivity contribution >= 4 is 23.0 Å². The Kier molecular flexibility index (Phi) is 5.26. The number of para-hydroxylation sites is 1. The highest BCUT2D eigenvalue weighted by Crippen LogP contribution is 2.29. The van der Waals surface area contributed by atoms with Crippen LogP contribution >= 0.6 is 12.2 Å². The summed E-state index contributed by atoms with van der Waals surface area (Å²) in [5.41, 5.74) is 2.52. The second-order valence-corrected chi connectivity index (χ2v) is 7.67. The molecule has 2 atom stereocenters. The maximum absolute atomic E-state index is 5.53. The molecule has 0 aromatic heterocycles. The fourth-order valence-electron chi connectivity index (χ4n) is 3.10. The summed E-state index contributed by atoms with van der Waals surface area (Å²) < 4.78 is 0. The minimum absolute atomic E-state index is 0.108. The predicted molar refractivity (Wildman–Crippen MR) is 95.9 cm³/mol. The van der Waals surface area contributed by atoms with E-state index >= 15 is 0 Å². The first kappa shape index (κ1) is 16.3. The highest BCUT2D eigenvalue weighted by atomic mass is 32.1. The van der Waals surface area contributed by atoms with E-state index in [4.69, 9.17) is 12.2 Å². The predicted octanol–water partition coefficient (Wildman–Crippen LogP) is 4.85. The third-order valence-corrected chi connectivity index (χ3v) is 4.63. The smallest absolute Gasteiger partial charge is 0.171 e. The van der Waals surface area contributed by atoms with Crippen molar-refractivity contribution in [3.05, 3.63) is 29.8 Å². The van der Waals surface area contributed by atoms with E-state index in [0.29, 0.717) is 12.0 Å². The van der Waals surface area contributed by atoms with Gasteiger partial charge >= 0.3 is 0 Å². The number of rotatable bonds is 2. The van der Waals surface area contributed by atoms with Gasteiger partial charge in [0.2, 0.25) is 0 Å². The van der Waals surface area contributed by atoms with Gasteiger partial charge in [0, 0.05) is 11.7 Å². The van der Waals surface area contributed by atoms with E-state index < -0.39 is 0 Å². The minimum Gasteiger partial charge on any atom is -0.359 e. The standard InChI is InChI=1S/C18H28N2S/c1-13-9-5-7-11-15(13)19-17(21)20-16-12-8-6-10-14(16)18(2,3)4/h6,8,10,12-13,15H,5,7,9,11H2,1-4H3,(H2,19,20,21)/t13-,15-/m1/s1. The normalized spacial score (nSPS) is 22.7. The SMILES string of the molecule is C[C@@H]1CCCC[C@H]1NC(=S)Nc1ccccc1C(C)(C)C. The van der Waals surface area contributed by atoms with Crippen molar-refractivity contribution in [3.63, 3.8) is 0 Å². The Labute approximate surface area is 134 Å². The summed E-state index contributed by atoms with van der Waals surface area (Å²) in [6, 6.07) is 8.95. The molecule has 0 bridgehead atoms. The second kappa shape index (κ2) is 6.78. The molecule has 1 aromatic rings. The monoisotopic (exact) mass is 304 g/mol. The molecule has 1 fully saturated rings. The number of hydrogen-bond donors (Lipinski definition) is 2. The summed E-state index contributed by atoms with van der Waals surface area (Å²) in [6.07, 6.45) is 5.19. The fourth-order valence-corrected chi connectivity index (χ4v) is 3.36. The number of nitrogens with one attached hydrogen (secondary N) is 2. The van der Waals surface area contributed by atoms with Gasteiger partial charge in [-0.25, -0.2) is 0 Å². The topological polar surface area (TPSA) is 24.1 Å². The second-order valence-electron chi connectivity index (χ2n) is 7.26. The third-order valence-electron chi connectivity index (χ3n) is 4.41. The summed E-state index contributed by atoms with van der Waals surface area (Å²) in [5.74, 6) is 0.705. The van der Waals surface area contributed by atoms with E-state index in [1.54, 1.807) is 0 Å². The maximum Gasteiger partial charge on any atom is 0.171 e. The molecule has 116 valence electrons. The molecular formula is C18H28N2S. The quantitative estimate of drug-likeness (QED) is 0.764. The van der Waals surface area contributed by atoms with Crippen molar-refractivity contribution in [3.8, 4) is 0 Å². The highest BCUT2D eigenvalue weighted by molar-refractivity contribution is 7.80. The zero-order chi connectivity index (χ0) is 15.5.